The number of rotatable bonds is 3. The van der Waals surface area contributed by atoms with Gasteiger partial charge < -0.3 is 15.7 Å². The highest BCUT2D eigenvalue weighted by atomic mass is 16.3. The van der Waals surface area contributed by atoms with Crippen molar-refractivity contribution >= 4 is 11.6 Å². The average molecular weight is 234 g/mol. The van der Waals surface area contributed by atoms with Crippen LogP contribution in [-0.4, -0.2) is 35.1 Å². The van der Waals surface area contributed by atoms with Gasteiger partial charge in [0.2, 0.25) is 5.91 Å². The van der Waals surface area contributed by atoms with E-state index in [1.54, 1.807) is 11.0 Å². The number of likely N-dealkylation sites (tertiary alicyclic amines) is 1. The third-order valence-electron chi connectivity index (χ3n) is 3.21. The highest BCUT2D eigenvalue weighted by Crippen LogP contribution is 2.18. The zero-order valence-corrected chi connectivity index (χ0v) is 9.80. The van der Waals surface area contributed by atoms with Crippen molar-refractivity contribution in [3.63, 3.8) is 0 Å². The molecule has 0 bridgehead atoms. The number of carbonyl (C=O) groups is 1. The molecule has 0 aliphatic carbocycles. The minimum atomic E-state index is 0.00330. The van der Waals surface area contributed by atoms with Gasteiger partial charge in [-0.15, -0.1) is 0 Å². The summed E-state index contributed by atoms with van der Waals surface area (Å²) in [5.74, 6) is 0.0761. The molecule has 1 aromatic rings. The van der Waals surface area contributed by atoms with Crippen LogP contribution in [0.2, 0.25) is 0 Å². The first-order valence-corrected chi connectivity index (χ1v) is 5.95. The van der Waals surface area contributed by atoms with Gasteiger partial charge in [0.05, 0.1) is 19.1 Å². The Bertz CT molecular complexity index is 406. The first-order chi connectivity index (χ1) is 8.20. The van der Waals surface area contributed by atoms with Gasteiger partial charge in [-0.05, 0) is 30.5 Å². The van der Waals surface area contributed by atoms with Crippen molar-refractivity contribution in [2.24, 2.45) is 0 Å². The zero-order valence-electron chi connectivity index (χ0n) is 9.80. The highest BCUT2D eigenvalue weighted by molar-refractivity contribution is 5.79. The molecular formula is C13H18N2O2. The van der Waals surface area contributed by atoms with Crippen LogP contribution in [0.5, 0.6) is 0 Å². The van der Waals surface area contributed by atoms with E-state index >= 15 is 0 Å². The van der Waals surface area contributed by atoms with Crippen molar-refractivity contribution < 1.29 is 9.90 Å². The Morgan fingerprint density at radius 3 is 3.06 bits per heavy atom. The molecule has 1 aromatic carbocycles. The van der Waals surface area contributed by atoms with Crippen LogP contribution in [0.3, 0.4) is 0 Å². The maximum absolute atomic E-state index is 12.1. The Kier molecular flexibility index (Phi) is 3.64. The van der Waals surface area contributed by atoms with E-state index in [4.69, 9.17) is 5.73 Å². The molecule has 1 amide bonds. The van der Waals surface area contributed by atoms with E-state index in [0.717, 1.165) is 24.9 Å². The van der Waals surface area contributed by atoms with Crippen LogP contribution < -0.4 is 5.73 Å². The molecule has 17 heavy (non-hydrogen) atoms. The molecule has 4 heteroatoms. The number of aliphatic hydroxyl groups excluding tert-OH is 1. The topological polar surface area (TPSA) is 66.6 Å². The van der Waals surface area contributed by atoms with E-state index in [9.17, 15) is 9.90 Å². The molecule has 1 fully saturated rings. The van der Waals surface area contributed by atoms with Crippen LogP contribution in [0.15, 0.2) is 24.3 Å². The molecule has 1 aliphatic heterocycles. The number of carbonyl (C=O) groups excluding carboxylic acids is 1. The van der Waals surface area contributed by atoms with Gasteiger partial charge in [-0.3, -0.25) is 4.79 Å². The van der Waals surface area contributed by atoms with Crippen LogP contribution in [0, 0.1) is 0 Å². The molecule has 0 aromatic heterocycles. The lowest BCUT2D eigenvalue weighted by Crippen LogP contribution is -2.38. The summed E-state index contributed by atoms with van der Waals surface area (Å²) in [6.45, 7) is 0.815. The number of nitrogens with two attached hydrogens (primary N) is 1. The number of amides is 1. The summed E-state index contributed by atoms with van der Waals surface area (Å²) < 4.78 is 0. The van der Waals surface area contributed by atoms with Crippen molar-refractivity contribution in [3.8, 4) is 0 Å². The van der Waals surface area contributed by atoms with Gasteiger partial charge in [0.15, 0.2) is 0 Å². The Morgan fingerprint density at radius 1 is 1.53 bits per heavy atom. The van der Waals surface area contributed by atoms with Crippen molar-refractivity contribution in [2.45, 2.75) is 25.3 Å². The lowest BCUT2D eigenvalue weighted by Gasteiger charge is -2.23. The van der Waals surface area contributed by atoms with Gasteiger partial charge in [-0.25, -0.2) is 0 Å². The second-order valence-corrected chi connectivity index (χ2v) is 4.49. The fourth-order valence-electron chi connectivity index (χ4n) is 2.33. The highest BCUT2D eigenvalue weighted by Gasteiger charge is 2.27. The standard InChI is InChI=1S/C13H18N2O2/c14-11-4-1-3-10(7-11)8-13(17)15-6-2-5-12(15)9-16/h1,3-4,7,12,16H,2,5-6,8-9,14H2/t12-/m0/s1. The monoisotopic (exact) mass is 234 g/mol. The molecule has 1 atom stereocenters. The van der Waals surface area contributed by atoms with E-state index < -0.39 is 0 Å². The average Bonchev–Trinajstić information content (AvgIpc) is 2.77. The number of nitrogen functional groups attached to an aromatic ring is 1. The largest absolute Gasteiger partial charge is 0.399 e. The summed E-state index contributed by atoms with van der Waals surface area (Å²) in [5.41, 5.74) is 7.28. The van der Waals surface area contributed by atoms with Crippen LogP contribution in [0.25, 0.3) is 0 Å². The Labute approximate surface area is 101 Å². The Hall–Kier alpha value is -1.55. The third kappa shape index (κ3) is 2.77. The predicted molar refractivity (Wildman–Crippen MR) is 66.4 cm³/mol. The van der Waals surface area contributed by atoms with Crippen molar-refractivity contribution in [1.82, 2.24) is 4.90 Å². The van der Waals surface area contributed by atoms with Gasteiger partial charge in [-0.1, -0.05) is 12.1 Å². The zero-order chi connectivity index (χ0) is 12.3. The summed E-state index contributed by atoms with van der Waals surface area (Å²) in [4.78, 5) is 13.9. The van der Waals surface area contributed by atoms with Gasteiger partial charge in [0.1, 0.15) is 0 Å². The second-order valence-electron chi connectivity index (χ2n) is 4.49. The summed E-state index contributed by atoms with van der Waals surface area (Å²) in [5, 5.41) is 9.18. The second kappa shape index (κ2) is 5.19. The number of anilines is 1. The first-order valence-electron chi connectivity index (χ1n) is 5.95. The maximum atomic E-state index is 12.1. The van der Waals surface area contributed by atoms with Gasteiger partial charge in [0, 0.05) is 12.2 Å². The molecule has 1 saturated heterocycles. The molecule has 0 saturated carbocycles. The summed E-state index contributed by atoms with van der Waals surface area (Å²) in [6.07, 6.45) is 2.24. The molecule has 0 unspecified atom stereocenters. The van der Waals surface area contributed by atoms with Crippen molar-refractivity contribution in [1.29, 1.82) is 0 Å². The number of hydrogen-bond acceptors (Lipinski definition) is 3. The van der Waals surface area contributed by atoms with Crippen molar-refractivity contribution in [2.75, 3.05) is 18.9 Å². The van der Waals surface area contributed by atoms with E-state index in [1.165, 1.54) is 0 Å². The van der Waals surface area contributed by atoms with E-state index in [1.807, 2.05) is 18.2 Å². The maximum Gasteiger partial charge on any atom is 0.227 e. The quantitative estimate of drug-likeness (QED) is 0.760. The summed E-state index contributed by atoms with van der Waals surface area (Å²) in [7, 11) is 0. The minimum Gasteiger partial charge on any atom is -0.399 e. The van der Waals surface area contributed by atoms with E-state index in [0.29, 0.717) is 12.1 Å². The molecule has 0 spiro atoms. The molecule has 0 radical (unpaired) electrons. The number of nitrogens with zero attached hydrogens (tertiary/aromatic N) is 1. The molecule has 1 heterocycles. The molecular weight excluding hydrogens is 216 g/mol. The Balaban J connectivity index is 2.01. The number of benzene rings is 1. The van der Waals surface area contributed by atoms with Crippen LogP contribution in [0.4, 0.5) is 5.69 Å². The van der Waals surface area contributed by atoms with Crippen LogP contribution >= 0.6 is 0 Å². The van der Waals surface area contributed by atoms with Gasteiger partial charge in [0.25, 0.3) is 0 Å². The summed E-state index contributed by atoms with van der Waals surface area (Å²) in [6, 6.07) is 7.38. The van der Waals surface area contributed by atoms with Crippen LogP contribution in [0.1, 0.15) is 18.4 Å². The predicted octanol–water partition coefficient (Wildman–Crippen LogP) is 0.795. The van der Waals surface area contributed by atoms with Crippen molar-refractivity contribution in [3.05, 3.63) is 29.8 Å². The smallest absolute Gasteiger partial charge is 0.227 e. The summed E-state index contributed by atoms with van der Waals surface area (Å²) >= 11 is 0. The van der Waals surface area contributed by atoms with Crippen LogP contribution in [-0.2, 0) is 11.2 Å². The molecule has 3 N–H and O–H groups in total. The Morgan fingerprint density at radius 2 is 2.35 bits per heavy atom. The number of hydrogen-bond donors (Lipinski definition) is 2. The minimum absolute atomic E-state index is 0.00330. The molecule has 1 aliphatic rings. The fourth-order valence-corrected chi connectivity index (χ4v) is 2.33. The lowest BCUT2D eigenvalue weighted by atomic mass is 10.1. The third-order valence-corrected chi connectivity index (χ3v) is 3.21. The molecule has 4 nitrogen and oxygen atoms in total. The molecule has 2 rings (SSSR count). The normalized spacial score (nSPS) is 19.6. The first kappa shape index (κ1) is 11.9. The number of aliphatic hydroxyl groups is 1. The van der Waals surface area contributed by atoms with E-state index in [-0.39, 0.29) is 18.6 Å². The van der Waals surface area contributed by atoms with E-state index in [2.05, 4.69) is 0 Å². The molecule has 92 valence electrons. The van der Waals surface area contributed by atoms with Gasteiger partial charge in [-0.2, -0.15) is 0 Å². The fraction of sp³-hybridized carbons (Fsp3) is 0.462. The van der Waals surface area contributed by atoms with Gasteiger partial charge >= 0.3 is 0 Å². The SMILES string of the molecule is Nc1cccc(CC(=O)N2CCC[C@H]2CO)c1. The lowest BCUT2D eigenvalue weighted by molar-refractivity contribution is -0.131.